The van der Waals surface area contributed by atoms with Crippen molar-refractivity contribution in [2.75, 3.05) is 7.11 Å². The minimum Gasteiger partial charge on any atom is -0.466 e. The van der Waals surface area contributed by atoms with Gasteiger partial charge in [0.05, 0.1) is 12.0 Å². The van der Waals surface area contributed by atoms with Crippen LogP contribution in [0.1, 0.15) is 0 Å². The summed E-state index contributed by atoms with van der Waals surface area (Å²) in [5.74, 6) is -1.10. The molecule has 0 saturated carbocycles. The second kappa shape index (κ2) is 4.56. The van der Waals surface area contributed by atoms with Crippen molar-refractivity contribution < 1.29 is 19.1 Å². The predicted octanol–water partition coefficient (Wildman–Crippen LogP) is -0.581. The number of amidine groups is 1. The number of hydrogen-bond acceptors (Lipinski definition) is 5. The van der Waals surface area contributed by atoms with E-state index in [9.17, 15) is 14.4 Å². The Bertz CT molecular complexity index is 348. The summed E-state index contributed by atoms with van der Waals surface area (Å²) in [6.45, 7) is 0. The molecule has 0 atom stereocenters. The molecule has 1 N–H and O–H groups in total. The minimum absolute atomic E-state index is 0.150. The SMILES string of the molecule is COC(=O)/C=C1/SC(=NC=O)NC1=O. The van der Waals surface area contributed by atoms with Crippen molar-refractivity contribution in [3.63, 3.8) is 0 Å². The van der Waals surface area contributed by atoms with Gasteiger partial charge in [0.2, 0.25) is 6.41 Å². The van der Waals surface area contributed by atoms with Crippen molar-refractivity contribution in [3.05, 3.63) is 11.0 Å². The van der Waals surface area contributed by atoms with E-state index in [1.165, 1.54) is 7.11 Å². The zero-order valence-electron chi connectivity index (χ0n) is 7.14. The topological polar surface area (TPSA) is 84.8 Å². The Morgan fingerprint density at radius 1 is 1.64 bits per heavy atom. The first-order valence-corrected chi connectivity index (χ1v) is 4.29. The molecule has 0 unspecified atom stereocenters. The van der Waals surface area contributed by atoms with Crippen LogP contribution in [-0.2, 0) is 19.1 Å². The fourth-order valence-corrected chi connectivity index (χ4v) is 1.45. The normalized spacial score (nSPS) is 21.1. The molecule has 0 aromatic rings. The van der Waals surface area contributed by atoms with Crippen LogP contribution in [0.4, 0.5) is 0 Å². The van der Waals surface area contributed by atoms with Crippen LogP contribution in [0.15, 0.2) is 16.0 Å². The van der Waals surface area contributed by atoms with Crippen molar-refractivity contribution in [1.82, 2.24) is 5.32 Å². The summed E-state index contributed by atoms with van der Waals surface area (Å²) in [5, 5.41) is 2.45. The van der Waals surface area contributed by atoms with Crippen molar-refractivity contribution in [2.45, 2.75) is 0 Å². The van der Waals surface area contributed by atoms with Crippen molar-refractivity contribution >= 4 is 35.2 Å². The monoisotopic (exact) mass is 214 g/mol. The highest BCUT2D eigenvalue weighted by molar-refractivity contribution is 8.18. The second-order valence-electron chi connectivity index (χ2n) is 2.13. The summed E-state index contributed by atoms with van der Waals surface area (Å²) >= 11 is 0.905. The van der Waals surface area contributed by atoms with Crippen molar-refractivity contribution in [1.29, 1.82) is 0 Å². The molecule has 0 bridgehead atoms. The number of thioether (sulfide) groups is 1. The summed E-state index contributed by atoms with van der Waals surface area (Å²) in [7, 11) is 1.21. The Morgan fingerprint density at radius 3 is 2.93 bits per heavy atom. The molecular weight excluding hydrogens is 208 g/mol. The number of rotatable bonds is 2. The molecule has 2 amide bonds. The van der Waals surface area contributed by atoms with E-state index in [0.717, 1.165) is 17.8 Å². The Hall–Kier alpha value is -1.63. The van der Waals surface area contributed by atoms with Crippen LogP contribution in [0.2, 0.25) is 0 Å². The number of aliphatic imine (C=N–C) groups is 1. The van der Waals surface area contributed by atoms with Gasteiger partial charge in [0.25, 0.3) is 5.91 Å². The lowest BCUT2D eigenvalue weighted by Crippen LogP contribution is -2.20. The standard InChI is InChI=1S/C7H6N2O4S/c1-13-5(11)2-4-6(12)9-7(14-4)8-3-10/h2-3H,1H3,(H,8,9,10,12)/b4-2+. The first kappa shape index (κ1) is 10.5. The van der Waals surface area contributed by atoms with Crippen LogP contribution >= 0.6 is 11.8 Å². The van der Waals surface area contributed by atoms with Gasteiger partial charge >= 0.3 is 5.97 Å². The lowest BCUT2D eigenvalue weighted by atomic mass is 10.4. The summed E-state index contributed by atoms with van der Waals surface area (Å²) in [6.07, 6.45) is 1.34. The predicted molar refractivity (Wildman–Crippen MR) is 49.3 cm³/mol. The molecular formula is C7H6N2O4S. The van der Waals surface area contributed by atoms with Gasteiger partial charge in [0.15, 0.2) is 5.17 Å². The van der Waals surface area contributed by atoms with E-state index in [2.05, 4.69) is 15.0 Å². The highest BCUT2D eigenvalue weighted by Gasteiger charge is 2.24. The zero-order valence-corrected chi connectivity index (χ0v) is 7.96. The zero-order chi connectivity index (χ0) is 10.6. The van der Waals surface area contributed by atoms with Gasteiger partial charge < -0.3 is 10.1 Å². The summed E-state index contributed by atoms with van der Waals surface area (Å²) in [4.78, 5) is 35.4. The first-order valence-electron chi connectivity index (χ1n) is 3.47. The number of amides is 2. The van der Waals surface area contributed by atoms with Crippen molar-refractivity contribution in [3.8, 4) is 0 Å². The Morgan fingerprint density at radius 2 is 2.36 bits per heavy atom. The molecule has 1 aliphatic heterocycles. The molecule has 1 aliphatic rings. The lowest BCUT2D eigenvalue weighted by molar-refractivity contribution is -0.135. The summed E-state index contributed by atoms with van der Waals surface area (Å²) in [6, 6.07) is 0. The number of hydrogen-bond donors (Lipinski definition) is 1. The fourth-order valence-electron chi connectivity index (χ4n) is 0.702. The van der Waals surface area contributed by atoms with Gasteiger partial charge in [-0.3, -0.25) is 9.59 Å². The van der Waals surface area contributed by atoms with E-state index in [-0.39, 0.29) is 10.1 Å². The number of carbonyl (C=O) groups excluding carboxylic acids is 3. The molecule has 0 radical (unpaired) electrons. The molecule has 74 valence electrons. The molecule has 7 heteroatoms. The van der Waals surface area contributed by atoms with Gasteiger partial charge in [-0.05, 0) is 11.8 Å². The quantitative estimate of drug-likeness (QED) is 0.377. The first-order chi connectivity index (χ1) is 6.67. The molecule has 1 heterocycles. The number of ether oxygens (including phenoxy) is 1. The van der Waals surface area contributed by atoms with Crippen LogP contribution in [0, 0.1) is 0 Å². The van der Waals surface area contributed by atoms with E-state index in [1.807, 2.05) is 0 Å². The molecule has 0 spiro atoms. The van der Waals surface area contributed by atoms with E-state index in [4.69, 9.17) is 0 Å². The van der Waals surface area contributed by atoms with E-state index in [0.29, 0.717) is 6.41 Å². The van der Waals surface area contributed by atoms with Gasteiger partial charge in [-0.1, -0.05) is 0 Å². The lowest BCUT2D eigenvalue weighted by Gasteiger charge is -1.90. The maximum absolute atomic E-state index is 11.1. The highest BCUT2D eigenvalue weighted by Crippen LogP contribution is 2.22. The summed E-state index contributed by atoms with van der Waals surface area (Å²) in [5.41, 5.74) is 0. The Labute approximate surface area is 83.4 Å². The molecule has 0 aromatic carbocycles. The average Bonchev–Trinajstić information content (AvgIpc) is 2.47. The third-order valence-electron chi connectivity index (χ3n) is 1.27. The van der Waals surface area contributed by atoms with Gasteiger partial charge in [-0.2, -0.15) is 4.99 Å². The van der Waals surface area contributed by atoms with Gasteiger partial charge in [-0.25, -0.2) is 4.79 Å². The van der Waals surface area contributed by atoms with E-state index in [1.54, 1.807) is 0 Å². The Kier molecular flexibility index (Phi) is 3.41. The smallest absolute Gasteiger partial charge is 0.331 e. The molecule has 1 fully saturated rings. The van der Waals surface area contributed by atoms with E-state index < -0.39 is 11.9 Å². The number of nitrogens with one attached hydrogen (secondary N) is 1. The number of methoxy groups -OCH3 is 1. The van der Waals surface area contributed by atoms with E-state index >= 15 is 0 Å². The molecule has 1 rings (SSSR count). The third kappa shape index (κ3) is 2.43. The van der Waals surface area contributed by atoms with Crippen LogP contribution in [0.25, 0.3) is 0 Å². The summed E-state index contributed by atoms with van der Waals surface area (Å²) < 4.78 is 4.34. The molecule has 6 nitrogen and oxygen atoms in total. The number of carbonyl (C=O) groups is 3. The second-order valence-corrected chi connectivity index (χ2v) is 3.16. The van der Waals surface area contributed by atoms with Gasteiger partial charge in [-0.15, -0.1) is 0 Å². The number of nitrogens with zero attached hydrogens (tertiary/aromatic N) is 1. The molecule has 0 aromatic heterocycles. The van der Waals surface area contributed by atoms with Crippen LogP contribution in [0.5, 0.6) is 0 Å². The Balaban J connectivity index is 2.80. The maximum Gasteiger partial charge on any atom is 0.331 e. The fraction of sp³-hybridized carbons (Fsp3) is 0.143. The largest absolute Gasteiger partial charge is 0.466 e. The third-order valence-corrected chi connectivity index (χ3v) is 2.19. The molecule has 14 heavy (non-hydrogen) atoms. The highest BCUT2D eigenvalue weighted by atomic mass is 32.2. The minimum atomic E-state index is -0.630. The molecule has 1 saturated heterocycles. The van der Waals surface area contributed by atoms with Crippen molar-refractivity contribution in [2.24, 2.45) is 4.99 Å². The van der Waals surface area contributed by atoms with Crippen LogP contribution in [-0.4, -0.2) is 30.6 Å². The number of esters is 1. The maximum atomic E-state index is 11.1. The van der Waals surface area contributed by atoms with Gasteiger partial charge in [0.1, 0.15) is 0 Å². The van der Waals surface area contributed by atoms with Crippen LogP contribution < -0.4 is 5.32 Å². The molecule has 0 aliphatic carbocycles. The van der Waals surface area contributed by atoms with Gasteiger partial charge in [0, 0.05) is 6.08 Å². The van der Waals surface area contributed by atoms with Crippen LogP contribution in [0.3, 0.4) is 0 Å². The average molecular weight is 214 g/mol.